The van der Waals surface area contributed by atoms with E-state index in [4.69, 9.17) is 10.5 Å². The van der Waals surface area contributed by atoms with Crippen LogP contribution >= 0.6 is 0 Å². The van der Waals surface area contributed by atoms with Crippen molar-refractivity contribution in [2.75, 3.05) is 20.2 Å². The third kappa shape index (κ3) is 3.60. The first-order chi connectivity index (χ1) is 11.7. The lowest BCUT2D eigenvalue weighted by molar-refractivity contribution is 0.0712. The van der Waals surface area contributed by atoms with E-state index in [-0.39, 0.29) is 5.91 Å². The van der Waals surface area contributed by atoms with Gasteiger partial charge in [-0.25, -0.2) is 0 Å². The van der Waals surface area contributed by atoms with Crippen LogP contribution in [0.25, 0.3) is 0 Å². The molecule has 0 spiro atoms. The van der Waals surface area contributed by atoms with Crippen LogP contribution in [0.1, 0.15) is 40.2 Å². The number of piperidine rings is 1. The van der Waals surface area contributed by atoms with Crippen molar-refractivity contribution in [1.82, 2.24) is 4.90 Å². The predicted molar refractivity (Wildman–Crippen MR) is 95.2 cm³/mol. The number of carbonyl (C=O) groups is 1. The van der Waals surface area contributed by atoms with Gasteiger partial charge in [-0.05, 0) is 48.1 Å². The number of nitrogens with two attached hydrogens (primary N) is 1. The molecule has 4 nitrogen and oxygen atoms in total. The summed E-state index contributed by atoms with van der Waals surface area (Å²) in [5, 5.41) is 0. The standard InChI is InChI=1S/C20H24N2O2/c1-24-19-7-3-6-18(13-19)20(23)22-10-8-16(9-11-22)17-5-2-4-15(12-17)14-21/h2-7,12-13,16H,8-11,14,21H2,1H3. The molecule has 0 unspecified atom stereocenters. The fraction of sp³-hybridized carbons (Fsp3) is 0.350. The highest BCUT2D eigenvalue weighted by Crippen LogP contribution is 2.29. The summed E-state index contributed by atoms with van der Waals surface area (Å²) in [6.07, 6.45) is 1.98. The molecule has 0 atom stereocenters. The molecule has 1 fully saturated rings. The molecule has 3 rings (SSSR count). The number of nitrogens with zero attached hydrogens (tertiary/aromatic N) is 1. The number of rotatable bonds is 4. The second kappa shape index (κ2) is 7.49. The summed E-state index contributed by atoms with van der Waals surface area (Å²) < 4.78 is 5.21. The minimum absolute atomic E-state index is 0.0862. The maximum absolute atomic E-state index is 12.7. The van der Waals surface area contributed by atoms with Crippen LogP contribution in [0.3, 0.4) is 0 Å². The van der Waals surface area contributed by atoms with Gasteiger partial charge in [0.1, 0.15) is 5.75 Å². The van der Waals surface area contributed by atoms with Crippen molar-refractivity contribution in [2.24, 2.45) is 5.73 Å². The smallest absolute Gasteiger partial charge is 0.253 e. The maximum atomic E-state index is 12.7. The van der Waals surface area contributed by atoms with E-state index in [0.29, 0.717) is 23.8 Å². The molecular formula is C20H24N2O2. The predicted octanol–water partition coefficient (Wildman–Crippen LogP) is 3.17. The Balaban J connectivity index is 1.64. The van der Waals surface area contributed by atoms with Crippen molar-refractivity contribution in [3.05, 3.63) is 65.2 Å². The molecule has 1 aliphatic rings. The Morgan fingerprint density at radius 2 is 1.92 bits per heavy atom. The largest absolute Gasteiger partial charge is 0.497 e. The highest BCUT2D eigenvalue weighted by molar-refractivity contribution is 5.94. The van der Waals surface area contributed by atoms with E-state index in [2.05, 4.69) is 24.3 Å². The molecule has 24 heavy (non-hydrogen) atoms. The zero-order valence-electron chi connectivity index (χ0n) is 14.1. The van der Waals surface area contributed by atoms with Crippen LogP contribution in [-0.4, -0.2) is 31.0 Å². The van der Waals surface area contributed by atoms with Gasteiger partial charge in [-0.15, -0.1) is 0 Å². The Morgan fingerprint density at radius 3 is 2.62 bits per heavy atom. The fourth-order valence-electron chi connectivity index (χ4n) is 3.33. The zero-order chi connectivity index (χ0) is 16.9. The minimum atomic E-state index is 0.0862. The molecule has 0 aromatic heterocycles. The molecule has 0 bridgehead atoms. The topological polar surface area (TPSA) is 55.6 Å². The van der Waals surface area contributed by atoms with Crippen molar-refractivity contribution >= 4 is 5.91 Å². The number of benzene rings is 2. The van der Waals surface area contributed by atoms with E-state index in [1.807, 2.05) is 23.1 Å². The SMILES string of the molecule is COc1cccc(C(=O)N2CCC(c3cccc(CN)c3)CC2)c1. The van der Waals surface area contributed by atoms with E-state index in [0.717, 1.165) is 25.9 Å². The lowest BCUT2D eigenvalue weighted by Crippen LogP contribution is -2.37. The van der Waals surface area contributed by atoms with Gasteiger partial charge in [0.15, 0.2) is 0 Å². The van der Waals surface area contributed by atoms with E-state index in [1.165, 1.54) is 11.1 Å². The molecule has 2 aromatic carbocycles. The lowest BCUT2D eigenvalue weighted by atomic mass is 9.88. The van der Waals surface area contributed by atoms with Crippen LogP contribution in [0.2, 0.25) is 0 Å². The van der Waals surface area contributed by atoms with Gasteiger partial charge in [0.2, 0.25) is 0 Å². The Morgan fingerprint density at radius 1 is 1.17 bits per heavy atom. The Kier molecular flexibility index (Phi) is 5.16. The van der Waals surface area contributed by atoms with Crippen molar-refractivity contribution in [1.29, 1.82) is 0 Å². The van der Waals surface area contributed by atoms with Crippen LogP contribution in [0, 0.1) is 0 Å². The summed E-state index contributed by atoms with van der Waals surface area (Å²) in [7, 11) is 1.62. The monoisotopic (exact) mass is 324 g/mol. The van der Waals surface area contributed by atoms with Crippen molar-refractivity contribution in [2.45, 2.75) is 25.3 Å². The van der Waals surface area contributed by atoms with Crippen LogP contribution in [0.4, 0.5) is 0 Å². The Labute approximate surface area is 143 Å². The highest BCUT2D eigenvalue weighted by atomic mass is 16.5. The highest BCUT2D eigenvalue weighted by Gasteiger charge is 2.24. The number of likely N-dealkylation sites (tertiary alicyclic amines) is 1. The first-order valence-corrected chi connectivity index (χ1v) is 8.43. The van der Waals surface area contributed by atoms with Crippen LogP contribution in [0.15, 0.2) is 48.5 Å². The molecular weight excluding hydrogens is 300 g/mol. The molecule has 0 saturated carbocycles. The number of hydrogen-bond acceptors (Lipinski definition) is 3. The minimum Gasteiger partial charge on any atom is -0.497 e. The second-order valence-corrected chi connectivity index (χ2v) is 6.25. The third-order valence-electron chi connectivity index (χ3n) is 4.76. The molecule has 2 aromatic rings. The van der Waals surface area contributed by atoms with Crippen molar-refractivity contribution < 1.29 is 9.53 Å². The molecule has 4 heteroatoms. The van der Waals surface area contributed by atoms with Gasteiger partial charge in [-0.2, -0.15) is 0 Å². The van der Waals surface area contributed by atoms with E-state index < -0.39 is 0 Å². The van der Waals surface area contributed by atoms with Crippen LogP contribution in [-0.2, 0) is 6.54 Å². The molecule has 0 radical (unpaired) electrons. The van der Waals surface area contributed by atoms with E-state index >= 15 is 0 Å². The second-order valence-electron chi connectivity index (χ2n) is 6.25. The molecule has 126 valence electrons. The average molecular weight is 324 g/mol. The molecule has 1 aliphatic heterocycles. The summed E-state index contributed by atoms with van der Waals surface area (Å²) in [6.45, 7) is 2.14. The summed E-state index contributed by atoms with van der Waals surface area (Å²) in [4.78, 5) is 14.6. The number of methoxy groups -OCH3 is 1. The van der Waals surface area contributed by atoms with Gasteiger partial charge < -0.3 is 15.4 Å². The molecule has 2 N–H and O–H groups in total. The summed E-state index contributed by atoms with van der Waals surface area (Å²) in [5.74, 6) is 1.31. The first-order valence-electron chi connectivity index (χ1n) is 8.43. The molecule has 1 amide bonds. The number of carbonyl (C=O) groups excluding carboxylic acids is 1. The maximum Gasteiger partial charge on any atom is 0.253 e. The summed E-state index contributed by atoms with van der Waals surface area (Å²) in [6, 6.07) is 15.9. The Bertz CT molecular complexity index is 706. The van der Waals surface area contributed by atoms with Crippen LogP contribution < -0.4 is 10.5 Å². The average Bonchev–Trinajstić information content (AvgIpc) is 2.67. The molecule has 0 aliphatic carbocycles. The Hall–Kier alpha value is -2.33. The normalized spacial score (nSPS) is 15.3. The van der Waals surface area contributed by atoms with Crippen LogP contribution in [0.5, 0.6) is 5.75 Å². The van der Waals surface area contributed by atoms with Gasteiger partial charge in [-0.1, -0.05) is 30.3 Å². The van der Waals surface area contributed by atoms with Gasteiger partial charge in [0, 0.05) is 25.2 Å². The van der Waals surface area contributed by atoms with Crippen molar-refractivity contribution in [3.63, 3.8) is 0 Å². The van der Waals surface area contributed by atoms with Gasteiger partial charge >= 0.3 is 0 Å². The molecule has 1 saturated heterocycles. The third-order valence-corrected chi connectivity index (χ3v) is 4.76. The van der Waals surface area contributed by atoms with Gasteiger partial charge in [-0.3, -0.25) is 4.79 Å². The van der Waals surface area contributed by atoms with Crippen molar-refractivity contribution in [3.8, 4) is 5.75 Å². The zero-order valence-corrected chi connectivity index (χ0v) is 14.1. The van der Waals surface area contributed by atoms with E-state index in [1.54, 1.807) is 13.2 Å². The molecule has 1 heterocycles. The quantitative estimate of drug-likeness (QED) is 0.940. The van der Waals surface area contributed by atoms with Gasteiger partial charge in [0.05, 0.1) is 7.11 Å². The number of hydrogen-bond donors (Lipinski definition) is 1. The summed E-state index contributed by atoms with van der Waals surface area (Å²) in [5.41, 5.74) is 8.94. The van der Waals surface area contributed by atoms with Gasteiger partial charge in [0.25, 0.3) is 5.91 Å². The number of ether oxygens (including phenoxy) is 1. The summed E-state index contributed by atoms with van der Waals surface area (Å²) >= 11 is 0. The lowest BCUT2D eigenvalue weighted by Gasteiger charge is -2.32. The number of amides is 1. The first kappa shape index (κ1) is 16.5. The van der Waals surface area contributed by atoms with E-state index in [9.17, 15) is 4.79 Å². The fourth-order valence-corrected chi connectivity index (χ4v) is 3.33.